The summed E-state index contributed by atoms with van der Waals surface area (Å²) in [5.41, 5.74) is 2.21. The molecule has 0 bridgehead atoms. The summed E-state index contributed by atoms with van der Waals surface area (Å²) in [5, 5.41) is 5.61. The Morgan fingerprint density at radius 1 is 0.815 bits per heavy atom. The highest BCUT2D eigenvalue weighted by atomic mass is 16.5. The van der Waals surface area contributed by atoms with Crippen molar-refractivity contribution in [3.63, 3.8) is 0 Å². The molecule has 0 spiro atoms. The number of nitrogens with one attached hydrogen (secondary N) is 2. The predicted molar refractivity (Wildman–Crippen MR) is 105 cm³/mol. The van der Waals surface area contributed by atoms with Crippen molar-refractivity contribution in [2.45, 2.75) is 6.54 Å². The number of amides is 2. The Labute approximate surface area is 158 Å². The van der Waals surface area contributed by atoms with Gasteiger partial charge in [-0.25, -0.2) is 0 Å². The average molecular weight is 360 g/mol. The van der Waals surface area contributed by atoms with Crippen LogP contribution < -0.4 is 15.4 Å². The molecule has 0 unspecified atom stereocenters. The first-order valence-corrected chi connectivity index (χ1v) is 8.60. The van der Waals surface area contributed by atoms with E-state index in [0.29, 0.717) is 23.5 Å². The number of anilines is 1. The molecule has 2 N–H and O–H groups in total. The van der Waals surface area contributed by atoms with Crippen molar-refractivity contribution in [2.24, 2.45) is 0 Å². The normalized spacial score (nSPS) is 10.1. The van der Waals surface area contributed by atoms with Gasteiger partial charge in [0.15, 0.2) is 6.61 Å². The van der Waals surface area contributed by atoms with E-state index in [1.54, 1.807) is 36.4 Å². The van der Waals surface area contributed by atoms with Crippen molar-refractivity contribution in [1.29, 1.82) is 0 Å². The lowest BCUT2D eigenvalue weighted by Crippen LogP contribution is -2.23. The van der Waals surface area contributed by atoms with Crippen molar-refractivity contribution in [2.75, 3.05) is 11.9 Å². The topological polar surface area (TPSA) is 67.4 Å². The van der Waals surface area contributed by atoms with Crippen molar-refractivity contribution >= 4 is 17.5 Å². The van der Waals surface area contributed by atoms with Gasteiger partial charge in [0.2, 0.25) is 0 Å². The summed E-state index contributed by atoms with van der Waals surface area (Å²) < 4.78 is 5.50. The summed E-state index contributed by atoms with van der Waals surface area (Å²) in [4.78, 5) is 24.3. The highest BCUT2D eigenvalue weighted by Crippen LogP contribution is 2.14. The van der Waals surface area contributed by atoms with Gasteiger partial charge in [0.1, 0.15) is 5.75 Å². The largest absolute Gasteiger partial charge is 0.484 e. The van der Waals surface area contributed by atoms with Crippen molar-refractivity contribution < 1.29 is 14.3 Å². The van der Waals surface area contributed by atoms with Crippen LogP contribution in [-0.4, -0.2) is 18.4 Å². The Bertz CT molecular complexity index is 896. The number of para-hydroxylation sites is 1. The van der Waals surface area contributed by atoms with E-state index in [4.69, 9.17) is 4.74 Å². The minimum atomic E-state index is -0.264. The lowest BCUT2D eigenvalue weighted by atomic mass is 10.2. The number of rotatable bonds is 7. The van der Waals surface area contributed by atoms with Gasteiger partial charge < -0.3 is 15.4 Å². The number of hydrogen-bond donors (Lipinski definition) is 2. The van der Waals surface area contributed by atoms with Crippen LogP contribution >= 0.6 is 0 Å². The Morgan fingerprint density at radius 3 is 2.26 bits per heavy atom. The zero-order chi connectivity index (χ0) is 18.9. The van der Waals surface area contributed by atoms with E-state index in [1.165, 1.54) is 0 Å². The van der Waals surface area contributed by atoms with E-state index in [-0.39, 0.29) is 18.4 Å². The third kappa shape index (κ3) is 5.71. The first kappa shape index (κ1) is 18.2. The monoisotopic (exact) mass is 360 g/mol. The van der Waals surface area contributed by atoms with Gasteiger partial charge in [0, 0.05) is 17.8 Å². The van der Waals surface area contributed by atoms with Crippen LogP contribution in [0.1, 0.15) is 15.9 Å². The van der Waals surface area contributed by atoms with Gasteiger partial charge in [0.25, 0.3) is 11.8 Å². The van der Waals surface area contributed by atoms with Crippen LogP contribution in [0.15, 0.2) is 84.9 Å². The number of ether oxygens (including phenoxy) is 1. The molecule has 3 rings (SSSR count). The zero-order valence-corrected chi connectivity index (χ0v) is 14.7. The molecule has 3 aromatic rings. The van der Waals surface area contributed by atoms with Crippen molar-refractivity contribution in [1.82, 2.24) is 5.32 Å². The van der Waals surface area contributed by atoms with Crippen LogP contribution in [-0.2, 0) is 11.3 Å². The Morgan fingerprint density at radius 2 is 1.52 bits per heavy atom. The molecule has 5 nitrogen and oxygen atoms in total. The summed E-state index contributed by atoms with van der Waals surface area (Å²) in [6, 6.07) is 25.6. The fourth-order valence-corrected chi connectivity index (χ4v) is 2.47. The van der Waals surface area contributed by atoms with Gasteiger partial charge in [-0.2, -0.15) is 0 Å². The maximum absolute atomic E-state index is 12.3. The average Bonchev–Trinajstić information content (AvgIpc) is 2.72. The maximum Gasteiger partial charge on any atom is 0.262 e. The molecule has 3 aromatic carbocycles. The van der Waals surface area contributed by atoms with Crippen molar-refractivity contribution in [3.8, 4) is 5.75 Å². The molecule has 0 aromatic heterocycles. The predicted octanol–water partition coefficient (Wildman–Crippen LogP) is 3.63. The molecule has 0 saturated carbocycles. The third-order valence-electron chi connectivity index (χ3n) is 3.82. The molecule has 0 radical (unpaired) electrons. The minimum Gasteiger partial charge on any atom is -0.484 e. The molecular weight excluding hydrogens is 340 g/mol. The van der Waals surface area contributed by atoms with Crippen LogP contribution in [0.5, 0.6) is 5.75 Å². The second-order valence-electron chi connectivity index (χ2n) is 5.90. The minimum absolute atomic E-state index is 0.135. The standard InChI is InChI=1S/C22H20N2O3/c25-21(24-19-11-5-2-6-12-19)16-27-20-13-7-10-18(14-20)22(26)23-15-17-8-3-1-4-9-17/h1-14H,15-16H2,(H,23,26)(H,24,25). The number of carbonyl (C=O) groups is 2. The molecule has 136 valence electrons. The Hall–Kier alpha value is -3.60. The quantitative estimate of drug-likeness (QED) is 0.676. The number of hydrogen-bond acceptors (Lipinski definition) is 3. The van der Waals surface area contributed by atoms with Gasteiger partial charge in [-0.3, -0.25) is 9.59 Å². The first-order valence-electron chi connectivity index (χ1n) is 8.60. The second-order valence-corrected chi connectivity index (χ2v) is 5.90. The van der Waals surface area contributed by atoms with E-state index in [0.717, 1.165) is 5.56 Å². The van der Waals surface area contributed by atoms with Crippen molar-refractivity contribution in [3.05, 3.63) is 96.1 Å². The summed E-state index contributed by atoms with van der Waals surface area (Å²) in [7, 11) is 0. The summed E-state index contributed by atoms with van der Waals surface area (Å²) in [6.45, 7) is 0.314. The maximum atomic E-state index is 12.3. The van der Waals surface area contributed by atoms with Gasteiger partial charge in [-0.1, -0.05) is 54.6 Å². The Kier molecular flexibility index (Phi) is 6.20. The van der Waals surface area contributed by atoms with E-state index < -0.39 is 0 Å². The molecule has 5 heteroatoms. The summed E-state index contributed by atoms with van der Waals surface area (Å²) in [6.07, 6.45) is 0. The molecule has 0 atom stereocenters. The van der Waals surface area contributed by atoms with Crippen LogP contribution in [0.3, 0.4) is 0 Å². The van der Waals surface area contributed by atoms with Crippen LogP contribution in [0.25, 0.3) is 0 Å². The van der Waals surface area contributed by atoms with E-state index in [2.05, 4.69) is 10.6 Å². The lowest BCUT2D eigenvalue weighted by molar-refractivity contribution is -0.118. The zero-order valence-electron chi connectivity index (χ0n) is 14.7. The third-order valence-corrected chi connectivity index (χ3v) is 3.82. The summed E-state index contributed by atoms with van der Waals surface area (Å²) >= 11 is 0. The molecule has 0 saturated heterocycles. The van der Waals surface area contributed by atoms with Gasteiger partial charge in [-0.05, 0) is 35.9 Å². The SMILES string of the molecule is O=C(COc1cccc(C(=O)NCc2ccccc2)c1)Nc1ccccc1. The highest BCUT2D eigenvalue weighted by Gasteiger charge is 2.08. The molecule has 0 aliphatic rings. The van der Waals surface area contributed by atoms with E-state index >= 15 is 0 Å². The molecule has 0 fully saturated rings. The molecule has 0 aliphatic carbocycles. The van der Waals surface area contributed by atoms with Crippen LogP contribution in [0, 0.1) is 0 Å². The molecular formula is C22H20N2O3. The second kappa shape index (κ2) is 9.20. The lowest BCUT2D eigenvalue weighted by Gasteiger charge is -2.09. The van der Waals surface area contributed by atoms with Gasteiger partial charge >= 0.3 is 0 Å². The fraction of sp³-hybridized carbons (Fsp3) is 0.0909. The smallest absolute Gasteiger partial charge is 0.262 e. The highest BCUT2D eigenvalue weighted by molar-refractivity contribution is 5.94. The fourth-order valence-electron chi connectivity index (χ4n) is 2.47. The number of benzene rings is 3. The molecule has 0 aliphatic heterocycles. The van der Waals surface area contributed by atoms with Crippen LogP contribution in [0.4, 0.5) is 5.69 Å². The number of carbonyl (C=O) groups excluding carboxylic acids is 2. The van der Waals surface area contributed by atoms with Gasteiger partial charge in [0.05, 0.1) is 0 Å². The van der Waals surface area contributed by atoms with E-state index in [1.807, 2.05) is 48.5 Å². The molecule has 0 heterocycles. The Balaban J connectivity index is 1.52. The summed E-state index contributed by atoms with van der Waals surface area (Å²) in [5.74, 6) is 0.00347. The van der Waals surface area contributed by atoms with E-state index in [9.17, 15) is 9.59 Å². The van der Waals surface area contributed by atoms with Crippen LogP contribution in [0.2, 0.25) is 0 Å². The first-order chi connectivity index (χ1) is 13.2. The molecule has 27 heavy (non-hydrogen) atoms. The molecule has 2 amide bonds. The van der Waals surface area contributed by atoms with Gasteiger partial charge in [-0.15, -0.1) is 0 Å².